The summed E-state index contributed by atoms with van der Waals surface area (Å²) in [6.45, 7) is 6.81. The van der Waals surface area contributed by atoms with Crippen molar-refractivity contribution in [2.45, 2.75) is 38.5 Å². The summed E-state index contributed by atoms with van der Waals surface area (Å²) in [4.78, 5) is 27.1. The summed E-state index contributed by atoms with van der Waals surface area (Å²) in [6.07, 6.45) is 0.549. The summed E-state index contributed by atoms with van der Waals surface area (Å²) in [5.74, 6) is -0.606. The number of amides is 1. The van der Waals surface area contributed by atoms with Crippen LogP contribution in [0.1, 0.15) is 26.3 Å². The smallest absolute Gasteiger partial charge is 0.414 e. The summed E-state index contributed by atoms with van der Waals surface area (Å²) in [5.41, 5.74) is 0.988. The molecule has 192 valence electrons. The quantitative estimate of drug-likeness (QED) is 0.339. The van der Waals surface area contributed by atoms with Crippen molar-refractivity contribution in [3.05, 3.63) is 108 Å². The van der Waals surface area contributed by atoms with Crippen molar-refractivity contribution < 1.29 is 23.5 Å². The third-order valence-corrected chi connectivity index (χ3v) is 11.6. The van der Waals surface area contributed by atoms with Crippen LogP contribution >= 0.6 is 0 Å². The van der Waals surface area contributed by atoms with Gasteiger partial charge in [-0.05, 0) is 27.1 Å². The first-order valence-electron chi connectivity index (χ1n) is 12.3. The Kier molecular flexibility index (Phi) is 7.95. The average Bonchev–Trinajstić information content (AvgIpc) is 3.35. The van der Waals surface area contributed by atoms with Crippen LogP contribution in [0.4, 0.5) is 4.79 Å². The Morgan fingerprint density at radius 2 is 1.38 bits per heavy atom. The van der Waals surface area contributed by atoms with Gasteiger partial charge in [-0.25, -0.2) is 9.59 Å². The van der Waals surface area contributed by atoms with Crippen molar-refractivity contribution in [2.24, 2.45) is 0 Å². The Balaban J connectivity index is 1.68. The summed E-state index contributed by atoms with van der Waals surface area (Å²) < 4.78 is 17.6. The minimum Gasteiger partial charge on any atom is -0.464 e. The third kappa shape index (κ3) is 5.53. The molecule has 0 N–H and O–H groups in total. The van der Waals surface area contributed by atoms with Crippen LogP contribution in [-0.2, 0) is 25.3 Å². The van der Waals surface area contributed by atoms with Crippen LogP contribution in [0.3, 0.4) is 0 Å². The van der Waals surface area contributed by atoms with Gasteiger partial charge in [0.05, 0.1) is 19.8 Å². The maximum absolute atomic E-state index is 13.1. The van der Waals surface area contributed by atoms with Crippen LogP contribution in [0.25, 0.3) is 0 Å². The number of benzene rings is 3. The summed E-state index contributed by atoms with van der Waals surface area (Å²) >= 11 is 0. The molecule has 1 amide bonds. The van der Waals surface area contributed by atoms with E-state index < -0.39 is 26.5 Å². The fraction of sp³-hybridized carbons (Fsp3) is 0.267. The molecule has 0 fully saturated rings. The van der Waals surface area contributed by atoms with E-state index in [0.717, 1.165) is 15.9 Å². The molecule has 1 heterocycles. The fourth-order valence-corrected chi connectivity index (χ4v) is 9.45. The number of hydrogen-bond donors (Lipinski definition) is 0. The molecule has 0 bridgehead atoms. The minimum absolute atomic E-state index is 0.102. The second-order valence-corrected chi connectivity index (χ2v) is 14.3. The van der Waals surface area contributed by atoms with Crippen LogP contribution in [-0.4, -0.2) is 45.0 Å². The number of esters is 1. The maximum Gasteiger partial charge on any atom is 0.414 e. The molecular weight excluding hydrogens is 482 g/mol. The highest BCUT2D eigenvalue weighted by Crippen LogP contribution is 2.38. The molecule has 3 aromatic carbocycles. The zero-order valence-electron chi connectivity index (χ0n) is 21.7. The van der Waals surface area contributed by atoms with Crippen molar-refractivity contribution in [1.82, 2.24) is 4.90 Å². The van der Waals surface area contributed by atoms with E-state index in [1.54, 1.807) is 6.08 Å². The Hall–Kier alpha value is -3.68. The van der Waals surface area contributed by atoms with Crippen LogP contribution in [0.2, 0.25) is 5.04 Å². The largest absolute Gasteiger partial charge is 0.464 e. The normalized spacial score (nSPS) is 15.7. The molecule has 7 heteroatoms. The zero-order chi connectivity index (χ0) is 26.5. The number of hydrogen-bond acceptors (Lipinski definition) is 5. The molecule has 6 nitrogen and oxygen atoms in total. The number of carbonyl (C=O) groups is 2. The number of nitrogens with zero attached hydrogens (tertiary/aromatic N) is 1. The third-order valence-electron chi connectivity index (χ3n) is 6.56. The second-order valence-electron chi connectivity index (χ2n) is 10.0. The lowest BCUT2D eigenvalue weighted by atomic mass is 10.2. The summed E-state index contributed by atoms with van der Waals surface area (Å²) in [5, 5.41) is 1.98. The van der Waals surface area contributed by atoms with E-state index in [-0.39, 0.29) is 23.9 Å². The van der Waals surface area contributed by atoms with E-state index >= 15 is 0 Å². The van der Waals surface area contributed by atoms with Crippen molar-refractivity contribution in [3.8, 4) is 0 Å². The fourth-order valence-electron chi connectivity index (χ4n) is 4.84. The summed E-state index contributed by atoms with van der Waals surface area (Å²) in [6, 6.07) is 29.9. The highest BCUT2D eigenvalue weighted by molar-refractivity contribution is 6.99. The first-order valence-corrected chi connectivity index (χ1v) is 14.2. The minimum atomic E-state index is -2.90. The molecule has 0 aromatic heterocycles. The van der Waals surface area contributed by atoms with Crippen molar-refractivity contribution in [2.75, 3.05) is 13.7 Å². The molecule has 1 aliphatic heterocycles. The lowest BCUT2D eigenvalue weighted by Crippen LogP contribution is -2.67. The van der Waals surface area contributed by atoms with Gasteiger partial charge in [0.25, 0.3) is 8.32 Å². The lowest BCUT2D eigenvalue weighted by molar-refractivity contribution is -0.137. The van der Waals surface area contributed by atoms with Gasteiger partial charge in [-0.1, -0.05) is 112 Å². The average molecular weight is 516 g/mol. The summed E-state index contributed by atoms with van der Waals surface area (Å²) in [7, 11) is -1.60. The van der Waals surface area contributed by atoms with Gasteiger partial charge in [0, 0.05) is 0 Å². The first kappa shape index (κ1) is 26.4. The Morgan fingerprint density at radius 1 is 0.865 bits per heavy atom. The maximum atomic E-state index is 13.1. The van der Waals surface area contributed by atoms with Gasteiger partial charge < -0.3 is 13.9 Å². The molecule has 37 heavy (non-hydrogen) atoms. The molecule has 0 saturated heterocycles. The zero-order valence-corrected chi connectivity index (χ0v) is 22.7. The predicted molar refractivity (Wildman–Crippen MR) is 146 cm³/mol. The van der Waals surface area contributed by atoms with Gasteiger partial charge in [0.15, 0.2) is 0 Å². The van der Waals surface area contributed by atoms with E-state index in [2.05, 4.69) is 45.0 Å². The Bertz CT molecular complexity index is 1200. The molecule has 0 unspecified atom stereocenters. The van der Waals surface area contributed by atoms with Crippen LogP contribution in [0, 0.1) is 0 Å². The lowest BCUT2D eigenvalue weighted by Gasteiger charge is -2.44. The van der Waals surface area contributed by atoms with E-state index in [1.807, 2.05) is 66.7 Å². The highest BCUT2D eigenvalue weighted by atomic mass is 28.4. The monoisotopic (exact) mass is 515 g/mol. The van der Waals surface area contributed by atoms with Crippen LogP contribution in [0.5, 0.6) is 0 Å². The molecule has 3 aromatic rings. The Labute approximate surface area is 219 Å². The van der Waals surface area contributed by atoms with Gasteiger partial charge in [-0.2, -0.15) is 0 Å². The predicted octanol–water partition coefficient (Wildman–Crippen LogP) is 4.64. The second kappa shape index (κ2) is 11.1. The van der Waals surface area contributed by atoms with Gasteiger partial charge in [-0.15, -0.1) is 0 Å². The van der Waals surface area contributed by atoms with Crippen LogP contribution in [0.15, 0.2) is 103 Å². The number of rotatable bonds is 7. The Morgan fingerprint density at radius 3 is 1.86 bits per heavy atom. The first-order chi connectivity index (χ1) is 17.8. The molecule has 1 atom stereocenters. The van der Waals surface area contributed by atoms with Gasteiger partial charge >= 0.3 is 12.1 Å². The molecule has 0 radical (unpaired) electrons. The van der Waals surface area contributed by atoms with E-state index in [1.165, 1.54) is 12.0 Å². The molecule has 4 rings (SSSR count). The van der Waals surface area contributed by atoms with Crippen molar-refractivity contribution in [3.63, 3.8) is 0 Å². The number of methoxy groups -OCH3 is 1. The number of carbonyl (C=O) groups excluding carboxylic acids is 2. The van der Waals surface area contributed by atoms with Crippen LogP contribution < -0.4 is 10.4 Å². The highest BCUT2D eigenvalue weighted by Gasteiger charge is 2.52. The molecule has 0 saturated carbocycles. The number of ether oxygens (including phenoxy) is 2. The van der Waals surface area contributed by atoms with Gasteiger partial charge in [-0.3, -0.25) is 4.90 Å². The standard InChI is InChI=1S/C30H33NO5Si/c1-30(2,3)37(25-16-10-6-11-17-25,26-18-12-7-13-19-26)36-24-20-27(28(32)34-4)31(21-24)29(33)35-22-23-14-8-5-9-15-23/h5-20,24H,21-22H2,1-4H3/t24-/m0/s1. The van der Waals surface area contributed by atoms with Crippen molar-refractivity contribution in [1.29, 1.82) is 0 Å². The molecule has 0 aliphatic carbocycles. The molecule has 1 aliphatic rings. The van der Waals surface area contributed by atoms with Gasteiger partial charge in [0.2, 0.25) is 0 Å². The van der Waals surface area contributed by atoms with E-state index in [4.69, 9.17) is 13.9 Å². The molecule has 0 spiro atoms. The SMILES string of the molecule is COC(=O)C1=C[C@H](O[Si](c2ccccc2)(c2ccccc2)C(C)(C)C)CN1C(=O)OCc1ccccc1. The van der Waals surface area contributed by atoms with Gasteiger partial charge in [0.1, 0.15) is 12.3 Å². The van der Waals surface area contributed by atoms with Crippen molar-refractivity contribution >= 4 is 30.8 Å². The molecular formula is C30H33NO5Si. The topological polar surface area (TPSA) is 65.1 Å². The van der Waals surface area contributed by atoms with E-state index in [9.17, 15) is 9.59 Å². The van der Waals surface area contributed by atoms with E-state index in [0.29, 0.717) is 0 Å².